The lowest BCUT2D eigenvalue weighted by Gasteiger charge is -2.27. The van der Waals surface area contributed by atoms with Crippen LogP contribution in [0.15, 0.2) is 22.7 Å². The Bertz CT molecular complexity index is 357. The standard InChI is InChI=1S/C13H19BrFN/c1-13(2,3)12(16)7-5-9-4-6-11(15)10(14)8-9/h4,6,8,12H,5,7,16H2,1-3H3. The smallest absolute Gasteiger partial charge is 0.137 e. The first-order chi connectivity index (χ1) is 7.30. The number of halogens is 2. The van der Waals surface area contributed by atoms with E-state index < -0.39 is 0 Å². The first-order valence-electron chi connectivity index (χ1n) is 5.50. The summed E-state index contributed by atoms with van der Waals surface area (Å²) in [6, 6.07) is 5.29. The number of hydrogen-bond donors (Lipinski definition) is 1. The Morgan fingerprint density at radius 3 is 2.50 bits per heavy atom. The number of hydrogen-bond acceptors (Lipinski definition) is 1. The van der Waals surface area contributed by atoms with Crippen molar-refractivity contribution in [2.24, 2.45) is 11.1 Å². The zero-order valence-corrected chi connectivity index (χ0v) is 11.6. The molecule has 0 aliphatic rings. The summed E-state index contributed by atoms with van der Waals surface area (Å²) in [7, 11) is 0. The van der Waals surface area contributed by atoms with Crippen molar-refractivity contribution in [1.29, 1.82) is 0 Å². The molecular weight excluding hydrogens is 269 g/mol. The number of benzene rings is 1. The van der Waals surface area contributed by atoms with Crippen molar-refractivity contribution in [2.45, 2.75) is 39.7 Å². The Labute approximate surface area is 105 Å². The van der Waals surface area contributed by atoms with Gasteiger partial charge in [-0.1, -0.05) is 26.8 Å². The van der Waals surface area contributed by atoms with Crippen LogP contribution in [0.25, 0.3) is 0 Å². The molecule has 16 heavy (non-hydrogen) atoms. The highest BCUT2D eigenvalue weighted by molar-refractivity contribution is 9.10. The van der Waals surface area contributed by atoms with Gasteiger partial charge in [0.05, 0.1) is 4.47 Å². The summed E-state index contributed by atoms with van der Waals surface area (Å²) in [4.78, 5) is 0. The summed E-state index contributed by atoms with van der Waals surface area (Å²) in [5.74, 6) is -0.219. The lowest BCUT2D eigenvalue weighted by molar-refractivity contribution is 0.306. The van der Waals surface area contributed by atoms with Gasteiger partial charge < -0.3 is 5.73 Å². The van der Waals surface area contributed by atoms with Gasteiger partial charge in [0.25, 0.3) is 0 Å². The summed E-state index contributed by atoms with van der Waals surface area (Å²) in [6.45, 7) is 6.41. The molecular formula is C13H19BrFN. The van der Waals surface area contributed by atoms with Crippen molar-refractivity contribution in [3.63, 3.8) is 0 Å². The Balaban J connectivity index is 2.58. The summed E-state index contributed by atoms with van der Waals surface area (Å²) in [6.07, 6.45) is 1.80. The second kappa shape index (κ2) is 5.28. The van der Waals surface area contributed by atoms with Gasteiger partial charge in [-0.3, -0.25) is 0 Å². The van der Waals surface area contributed by atoms with E-state index in [1.54, 1.807) is 0 Å². The molecule has 0 fully saturated rings. The molecule has 1 unspecified atom stereocenters. The van der Waals surface area contributed by atoms with Crippen molar-refractivity contribution in [1.82, 2.24) is 0 Å². The molecule has 0 aliphatic carbocycles. The topological polar surface area (TPSA) is 26.0 Å². The van der Waals surface area contributed by atoms with Crippen LogP contribution in [0.3, 0.4) is 0 Å². The van der Waals surface area contributed by atoms with Crippen molar-refractivity contribution in [3.8, 4) is 0 Å². The highest BCUT2D eigenvalue weighted by atomic mass is 79.9. The number of nitrogens with two attached hydrogens (primary N) is 1. The normalized spacial score (nSPS) is 13.9. The molecule has 0 aliphatic heterocycles. The van der Waals surface area contributed by atoms with Crippen LogP contribution in [0.1, 0.15) is 32.8 Å². The third kappa shape index (κ3) is 3.87. The van der Waals surface area contributed by atoms with Crippen LogP contribution in [-0.2, 0) is 6.42 Å². The summed E-state index contributed by atoms with van der Waals surface area (Å²) in [5.41, 5.74) is 7.32. The van der Waals surface area contributed by atoms with E-state index in [4.69, 9.17) is 5.73 Å². The van der Waals surface area contributed by atoms with Crippen LogP contribution in [0.4, 0.5) is 4.39 Å². The highest BCUT2D eigenvalue weighted by Gasteiger charge is 2.20. The van der Waals surface area contributed by atoms with Crippen LogP contribution < -0.4 is 5.73 Å². The maximum Gasteiger partial charge on any atom is 0.137 e. The minimum absolute atomic E-state index is 0.122. The molecule has 1 rings (SSSR count). The largest absolute Gasteiger partial charge is 0.327 e. The zero-order valence-electron chi connectivity index (χ0n) is 10.1. The van der Waals surface area contributed by atoms with E-state index in [1.165, 1.54) is 6.07 Å². The van der Waals surface area contributed by atoms with E-state index in [-0.39, 0.29) is 17.3 Å². The molecule has 0 saturated carbocycles. The fourth-order valence-corrected chi connectivity index (χ4v) is 1.88. The maximum absolute atomic E-state index is 13.0. The van der Waals surface area contributed by atoms with Gasteiger partial charge in [-0.05, 0) is 51.9 Å². The maximum atomic E-state index is 13.0. The fourth-order valence-electron chi connectivity index (χ4n) is 1.45. The molecule has 0 saturated heterocycles. The van der Waals surface area contributed by atoms with Crippen LogP contribution in [0, 0.1) is 11.2 Å². The first kappa shape index (κ1) is 13.7. The first-order valence-corrected chi connectivity index (χ1v) is 6.29. The monoisotopic (exact) mass is 287 g/mol. The van der Waals surface area contributed by atoms with E-state index in [1.807, 2.05) is 12.1 Å². The molecule has 2 N–H and O–H groups in total. The van der Waals surface area contributed by atoms with E-state index >= 15 is 0 Å². The third-order valence-electron chi connectivity index (χ3n) is 2.84. The van der Waals surface area contributed by atoms with Crippen molar-refractivity contribution < 1.29 is 4.39 Å². The van der Waals surface area contributed by atoms with E-state index in [2.05, 4.69) is 36.7 Å². The highest BCUT2D eigenvalue weighted by Crippen LogP contribution is 2.23. The molecule has 1 atom stereocenters. The summed E-state index contributed by atoms with van der Waals surface area (Å²) < 4.78 is 13.5. The van der Waals surface area contributed by atoms with Crippen LogP contribution >= 0.6 is 15.9 Å². The average molecular weight is 288 g/mol. The van der Waals surface area contributed by atoms with E-state index in [0.717, 1.165) is 18.4 Å². The molecule has 0 aromatic heterocycles. The second-order valence-electron chi connectivity index (χ2n) is 5.26. The van der Waals surface area contributed by atoms with Crippen molar-refractivity contribution in [3.05, 3.63) is 34.1 Å². The molecule has 1 aromatic rings. The minimum Gasteiger partial charge on any atom is -0.327 e. The molecule has 0 spiro atoms. The Hall–Kier alpha value is -0.410. The fraction of sp³-hybridized carbons (Fsp3) is 0.538. The molecule has 0 heterocycles. The van der Waals surface area contributed by atoms with E-state index in [9.17, 15) is 4.39 Å². The predicted molar refractivity (Wildman–Crippen MR) is 69.9 cm³/mol. The van der Waals surface area contributed by atoms with Gasteiger partial charge in [0, 0.05) is 6.04 Å². The summed E-state index contributed by atoms with van der Waals surface area (Å²) in [5, 5.41) is 0. The van der Waals surface area contributed by atoms with E-state index in [0.29, 0.717) is 4.47 Å². The molecule has 3 heteroatoms. The average Bonchev–Trinajstić information content (AvgIpc) is 2.18. The van der Waals surface area contributed by atoms with Gasteiger partial charge in [0.1, 0.15) is 5.82 Å². The Morgan fingerprint density at radius 2 is 2.00 bits per heavy atom. The SMILES string of the molecule is CC(C)(C)C(N)CCc1ccc(F)c(Br)c1. The van der Waals surface area contributed by atoms with Gasteiger partial charge >= 0.3 is 0 Å². The predicted octanol–water partition coefficient (Wildman–Crippen LogP) is 3.89. The zero-order chi connectivity index (χ0) is 12.3. The van der Waals surface area contributed by atoms with Crippen molar-refractivity contribution in [2.75, 3.05) is 0 Å². The van der Waals surface area contributed by atoms with Crippen LogP contribution in [0.5, 0.6) is 0 Å². The van der Waals surface area contributed by atoms with Gasteiger partial charge in [-0.25, -0.2) is 4.39 Å². The lowest BCUT2D eigenvalue weighted by atomic mass is 9.84. The van der Waals surface area contributed by atoms with Gasteiger partial charge in [0.15, 0.2) is 0 Å². The van der Waals surface area contributed by atoms with Gasteiger partial charge in [-0.15, -0.1) is 0 Å². The van der Waals surface area contributed by atoms with Crippen LogP contribution in [-0.4, -0.2) is 6.04 Å². The molecule has 0 bridgehead atoms. The molecule has 0 amide bonds. The quantitative estimate of drug-likeness (QED) is 0.897. The third-order valence-corrected chi connectivity index (χ3v) is 3.45. The Morgan fingerprint density at radius 1 is 1.38 bits per heavy atom. The van der Waals surface area contributed by atoms with Gasteiger partial charge in [-0.2, -0.15) is 0 Å². The molecule has 90 valence electrons. The lowest BCUT2D eigenvalue weighted by Crippen LogP contribution is -2.35. The minimum atomic E-state index is -0.219. The Kier molecular flexibility index (Phi) is 4.51. The number of rotatable bonds is 3. The summed E-state index contributed by atoms with van der Waals surface area (Å²) >= 11 is 3.19. The molecule has 1 nitrogen and oxygen atoms in total. The number of aryl methyl sites for hydroxylation is 1. The van der Waals surface area contributed by atoms with Gasteiger partial charge in [0.2, 0.25) is 0 Å². The molecule has 0 radical (unpaired) electrons. The van der Waals surface area contributed by atoms with Crippen molar-refractivity contribution >= 4 is 15.9 Å². The van der Waals surface area contributed by atoms with Crippen LogP contribution in [0.2, 0.25) is 0 Å². The second-order valence-corrected chi connectivity index (χ2v) is 6.11. The molecule has 1 aromatic carbocycles.